The number of carbonyl (C=O) groups is 1. The highest BCUT2D eigenvalue weighted by Crippen LogP contribution is 2.22. The van der Waals surface area contributed by atoms with Crippen molar-refractivity contribution in [2.45, 2.75) is 6.04 Å². The molecule has 3 rings (SSSR count). The van der Waals surface area contributed by atoms with Gasteiger partial charge in [-0.25, -0.2) is 0 Å². The predicted molar refractivity (Wildman–Crippen MR) is 115 cm³/mol. The Bertz CT molecular complexity index is 849. The minimum absolute atomic E-state index is 0.00392. The van der Waals surface area contributed by atoms with Gasteiger partial charge in [-0.1, -0.05) is 24.3 Å². The van der Waals surface area contributed by atoms with E-state index < -0.39 is 0 Å². The molecule has 28 heavy (non-hydrogen) atoms. The molecule has 2 N–H and O–H groups in total. The number of thiophene rings is 1. The van der Waals surface area contributed by atoms with Gasteiger partial charge >= 0.3 is 0 Å². The van der Waals surface area contributed by atoms with Crippen LogP contribution in [0.5, 0.6) is 5.75 Å². The van der Waals surface area contributed by atoms with E-state index in [0.29, 0.717) is 12.3 Å². The van der Waals surface area contributed by atoms with E-state index in [9.17, 15) is 4.79 Å². The van der Waals surface area contributed by atoms with Crippen LogP contribution < -0.4 is 15.4 Å². The molecule has 1 aromatic heterocycles. The van der Waals surface area contributed by atoms with Crippen LogP contribution in [0.1, 0.15) is 10.9 Å². The third-order valence-corrected chi connectivity index (χ3v) is 5.25. The maximum atomic E-state index is 12.2. The lowest BCUT2D eigenvalue weighted by Gasteiger charge is -2.23. The summed E-state index contributed by atoms with van der Waals surface area (Å²) in [7, 11) is 4.02. The second-order valence-corrected chi connectivity index (χ2v) is 7.58. The number of likely N-dealkylation sites (N-methyl/N-ethyl adjacent to an activating group) is 1. The number of rotatable bonds is 9. The van der Waals surface area contributed by atoms with E-state index >= 15 is 0 Å². The van der Waals surface area contributed by atoms with Crippen LogP contribution in [0.15, 0.2) is 72.1 Å². The van der Waals surface area contributed by atoms with Gasteiger partial charge < -0.3 is 20.3 Å². The molecular weight excluding hydrogens is 370 g/mol. The monoisotopic (exact) mass is 395 g/mol. The first-order valence-electron chi connectivity index (χ1n) is 9.13. The number of hydrogen-bond donors (Lipinski definition) is 2. The second-order valence-electron chi connectivity index (χ2n) is 6.60. The van der Waals surface area contributed by atoms with Crippen molar-refractivity contribution in [3.05, 3.63) is 77.0 Å². The Morgan fingerprint density at radius 1 is 1.00 bits per heavy atom. The molecule has 1 unspecified atom stereocenters. The van der Waals surface area contributed by atoms with E-state index in [1.165, 1.54) is 4.88 Å². The van der Waals surface area contributed by atoms with Crippen LogP contribution in [-0.4, -0.2) is 38.1 Å². The zero-order valence-corrected chi connectivity index (χ0v) is 16.9. The van der Waals surface area contributed by atoms with Crippen LogP contribution in [0.3, 0.4) is 0 Å². The minimum atomic E-state index is -0.130. The molecule has 1 heterocycles. The van der Waals surface area contributed by atoms with Crippen LogP contribution >= 0.6 is 11.3 Å². The van der Waals surface area contributed by atoms with Gasteiger partial charge in [0, 0.05) is 22.8 Å². The van der Waals surface area contributed by atoms with Gasteiger partial charge in [0.25, 0.3) is 5.91 Å². The summed E-state index contributed by atoms with van der Waals surface area (Å²) >= 11 is 1.69. The molecule has 0 aliphatic carbocycles. The summed E-state index contributed by atoms with van der Waals surface area (Å²) in [6, 6.07) is 21.8. The van der Waals surface area contributed by atoms with E-state index in [0.717, 1.165) is 11.4 Å². The van der Waals surface area contributed by atoms with E-state index in [-0.39, 0.29) is 18.6 Å². The molecule has 0 saturated heterocycles. The number of para-hydroxylation sites is 1. The first-order valence-corrected chi connectivity index (χ1v) is 10.0. The summed E-state index contributed by atoms with van der Waals surface area (Å²) in [5.41, 5.74) is 1.99. The van der Waals surface area contributed by atoms with Crippen molar-refractivity contribution in [2.75, 3.05) is 32.6 Å². The van der Waals surface area contributed by atoms with Crippen molar-refractivity contribution in [1.29, 1.82) is 0 Å². The number of benzene rings is 2. The first-order chi connectivity index (χ1) is 13.6. The highest BCUT2D eigenvalue weighted by Gasteiger charge is 2.16. The summed E-state index contributed by atoms with van der Waals surface area (Å²) in [4.78, 5) is 15.5. The van der Waals surface area contributed by atoms with E-state index in [1.54, 1.807) is 11.3 Å². The molecule has 0 aliphatic rings. The zero-order valence-electron chi connectivity index (χ0n) is 16.1. The highest BCUT2D eigenvalue weighted by molar-refractivity contribution is 7.10. The number of hydrogen-bond acceptors (Lipinski definition) is 5. The van der Waals surface area contributed by atoms with Gasteiger partial charge in [0.15, 0.2) is 6.61 Å². The minimum Gasteiger partial charge on any atom is -0.484 e. The summed E-state index contributed by atoms with van der Waals surface area (Å²) in [5.74, 6) is 0.533. The maximum absolute atomic E-state index is 12.2. The van der Waals surface area contributed by atoms with Crippen molar-refractivity contribution in [3.63, 3.8) is 0 Å². The molecular formula is C22H25N3O2S. The lowest BCUT2D eigenvalue weighted by Crippen LogP contribution is -2.36. The molecule has 0 saturated carbocycles. The van der Waals surface area contributed by atoms with E-state index in [2.05, 4.69) is 21.6 Å². The molecule has 1 atom stereocenters. The standard InChI is InChI=1S/C22H25N3O2S/c1-25(2)20(21-9-6-14-28-21)15-23-22(26)16-27-19-12-10-18(11-13-19)24-17-7-4-3-5-8-17/h3-14,20,24H,15-16H2,1-2H3,(H,23,26). The third-order valence-electron chi connectivity index (χ3n) is 4.27. The Labute approximate surface area is 170 Å². The largest absolute Gasteiger partial charge is 0.484 e. The Hall–Kier alpha value is -2.83. The molecule has 1 amide bonds. The molecule has 0 radical (unpaired) electrons. The maximum Gasteiger partial charge on any atom is 0.258 e. The van der Waals surface area contributed by atoms with Gasteiger partial charge in [-0.2, -0.15) is 0 Å². The van der Waals surface area contributed by atoms with Gasteiger partial charge in [0.05, 0.1) is 6.04 Å². The van der Waals surface area contributed by atoms with Gasteiger partial charge in [0.1, 0.15) is 5.75 Å². The molecule has 0 fully saturated rings. The summed E-state index contributed by atoms with van der Waals surface area (Å²) in [6.07, 6.45) is 0. The van der Waals surface area contributed by atoms with Crippen LogP contribution in [0.25, 0.3) is 0 Å². The quantitative estimate of drug-likeness (QED) is 0.568. The Morgan fingerprint density at radius 3 is 2.36 bits per heavy atom. The molecule has 2 aromatic carbocycles. The van der Waals surface area contributed by atoms with Crippen molar-refractivity contribution < 1.29 is 9.53 Å². The lowest BCUT2D eigenvalue weighted by molar-refractivity contribution is -0.123. The number of amides is 1. The normalized spacial score (nSPS) is 11.8. The van der Waals surface area contributed by atoms with Crippen molar-refractivity contribution >= 4 is 28.6 Å². The van der Waals surface area contributed by atoms with Crippen LogP contribution in [0.2, 0.25) is 0 Å². The Balaban J connectivity index is 1.45. The highest BCUT2D eigenvalue weighted by atomic mass is 32.1. The van der Waals surface area contributed by atoms with E-state index in [1.807, 2.05) is 80.1 Å². The van der Waals surface area contributed by atoms with Gasteiger partial charge in [-0.05, 0) is 61.9 Å². The molecule has 3 aromatic rings. The number of anilines is 2. The molecule has 146 valence electrons. The topological polar surface area (TPSA) is 53.6 Å². The lowest BCUT2D eigenvalue weighted by atomic mass is 10.2. The Kier molecular flexibility index (Phi) is 7.06. The van der Waals surface area contributed by atoms with E-state index in [4.69, 9.17) is 4.74 Å². The Morgan fingerprint density at radius 2 is 1.71 bits per heavy atom. The van der Waals surface area contributed by atoms with Gasteiger partial charge in [-0.3, -0.25) is 4.79 Å². The number of carbonyl (C=O) groups excluding carboxylic acids is 1. The number of nitrogens with one attached hydrogen (secondary N) is 2. The number of ether oxygens (including phenoxy) is 1. The molecule has 0 aliphatic heterocycles. The zero-order chi connectivity index (χ0) is 19.8. The fourth-order valence-corrected chi connectivity index (χ4v) is 3.67. The van der Waals surface area contributed by atoms with Crippen LogP contribution in [0, 0.1) is 0 Å². The summed E-state index contributed by atoms with van der Waals surface area (Å²) < 4.78 is 5.61. The van der Waals surface area contributed by atoms with Gasteiger partial charge in [0.2, 0.25) is 0 Å². The average molecular weight is 396 g/mol. The van der Waals surface area contributed by atoms with Crippen LogP contribution in [-0.2, 0) is 4.79 Å². The van der Waals surface area contributed by atoms with Crippen molar-refractivity contribution in [1.82, 2.24) is 10.2 Å². The molecule has 5 nitrogen and oxygen atoms in total. The average Bonchev–Trinajstić information content (AvgIpc) is 3.22. The fourth-order valence-electron chi connectivity index (χ4n) is 2.75. The number of nitrogens with zero attached hydrogens (tertiary/aromatic N) is 1. The summed E-state index contributed by atoms with van der Waals surface area (Å²) in [6.45, 7) is 0.547. The molecule has 6 heteroatoms. The smallest absolute Gasteiger partial charge is 0.258 e. The third kappa shape index (κ3) is 5.84. The summed E-state index contributed by atoms with van der Waals surface area (Å²) in [5, 5.41) is 8.32. The fraction of sp³-hybridized carbons (Fsp3) is 0.227. The predicted octanol–water partition coefficient (Wildman–Crippen LogP) is 4.29. The second kappa shape index (κ2) is 9.92. The SMILES string of the molecule is CN(C)C(CNC(=O)COc1ccc(Nc2ccccc2)cc1)c1cccs1. The van der Waals surface area contributed by atoms with Crippen LogP contribution in [0.4, 0.5) is 11.4 Å². The van der Waals surface area contributed by atoms with Crippen molar-refractivity contribution in [2.24, 2.45) is 0 Å². The van der Waals surface area contributed by atoms with Crippen molar-refractivity contribution in [3.8, 4) is 5.75 Å². The molecule has 0 spiro atoms. The first kappa shape index (κ1) is 19.9. The van der Waals surface area contributed by atoms with Gasteiger partial charge in [-0.15, -0.1) is 11.3 Å². The molecule has 0 bridgehead atoms.